The molecule has 82 valence electrons. The fourth-order valence-electron chi connectivity index (χ4n) is 1.85. The summed E-state index contributed by atoms with van der Waals surface area (Å²) in [5, 5.41) is 7.36. The Bertz CT molecular complexity index is 506. The van der Waals surface area contributed by atoms with E-state index in [1.165, 1.54) is 5.56 Å². The first-order valence-corrected chi connectivity index (χ1v) is 5.59. The van der Waals surface area contributed by atoms with Crippen molar-refractivity contribution >= 4 is 0 Å². The number of hydrogen-bond donors (Lipinski definition) is 2. The standard InChI is InChI=1S/C13H15N3/c1-9-2-4-10(5-3-9)11-8-12(16-15-11)13(14)6-7-13/h2-5,8H,6-7,14H2,1H3,(H,15,16). The van der Waals surface area contributed by atoms with Gasteiger partial charge in [-0.1, -0.05) is 29.8 Å². The third-order valence-electron chi connectivity index (χ3n) is 3.25. The summed E-state index contributed by atoms with van der Waals surface area (Å²) in [5.41, 5.74) is 10.4. The summed E-state index contributed by atoms with van der Waals surface area (Å²) < 4.78 is 0. The zero-order valence-electron chi connectivity index (χ0n) is 9.33. The minimum Gasteiger partial charge on any atom is -0.320 e. The molecule has 0 spiro atoms. The maximum atomic E-state index is 6.11. The third kappa shape index (κ3) is 1.53. The topological polar surface area (TPSA) is 54.7 Å². The lowest BCUT2D eigenvalue weighted by Crippen LogP contribution is -2.18. The first kappa shape index (κ1) is 9.60. The molecule has 3 rings (SSSR count). The molecule has 0 bridgehead atoms. The van der Waals surface area contributed by atoms with Gasteiger partial charge in [-0.2, -0.15) is 5.10 Å². The molecule has 0 unspecified atom stereocenters. The number of nitrogens with one attached hydrogen (secondary N) is 1. The highest BCUT2D eigenvalue weighted by Crippen LogP contribution is 2.42. The lowest BCUT2D eigenvalue weighted by molar-refractivity contribution is 0.702. The summed E-state index contributed by atoms with van der Waals surface area (Å²) in [6, 6.07) is 10.4. The van der Waals surface area contributed by atoms with Crippen molar-refractivity contribution in [2.75, 3.05) is 0 Å². The molecule has 1 aromatic carbocycles. The van der Waals surface area contributed by atoms with Crippen LogP contribution in [0.2, 0.25) is 0 Å². The number of aromatic nitrogens is 2. The van der Waals surface area contributed by atoms with E-state index < -0.39 is 0 Å². The first-order valence-electron chi connectivity index (χ1n) is 5.59. The predicted octanol–water partition coefficient (Wildman–Crippen LogP) is 2.33. The monoisotopic (exact) mass is 213 g/mol. The van der Waals surface area contributed by atoms with Gasteiger partial charge in [0, 0.05) is 5.56 Å². The highest BCUT2D eigenvalue weighted by Gasteiger charge is 2.41. The molecule has 16 heavy (non-hydrogen) atoms. The number of aryl methyl sites for hydroxylation is 1. The second-order valence-corrected chi connectivity index (χ2v) is 4.69. The molecule has 3 heteroatoms. The van der Waals surface area contributed by atoms with Crippen molar-refractivity contribution in [2.24, 2.45) is 5.73 Å². The molecule has 0 atom stereocenters. The van der Waals surface area contributed by atoms with Crippen molar-refractivity contribution < 1.29 is 0 Å². The van der Waals surface area contributed by atoms with Crippen molar-refractivity contribution in [3.8, 4) is 11.3 Å². The van der Waals surface area contributed by atoms with Gasteiger partial charge in [-0.05, 0) is 25.8 Å². The van der Waals surface area contributed by atoms with Crippen LogP contribution in [-0.4, -0.2) is 10.2 Å². The van der Waals surface area contributed by atoms with E-state index in [0.29, 0.717) is 0 Å². The largest absolute Gasteiger partial charge is 0.320 e. The van der Waals surface area contributed by atoms with Crippen LogP contribution in [0.4, 0.5) is 0 Å². The predicted molar refractivity (Wildman–Crippen MR) is 63.9 cm³/mol. The molecule has 3 nitrogen and oxygen atoms in total. The minimum atomic E-state index is -0.129. The fourth-order valence-corrected chi connectivity index (χ4v) is 1.85. The lowest BCUT2D eigenvalue weighted by Gasteiger charge is -2.02. The van der Waals surface area contributed by atoms with E-state index in [-0.39, 0.29) is 5.54 Å². The highest BCUT2D eigenvalue weighted by molar-refractivity contribution is 5.60. The molecule has 3 N–H and O–H groups in total. The van der Waals surface area contributed by atoms with Crippen molar-refractivity contribution in [2.45, 2.75) is 25.3 Å². The van der Waals surface area contributed by atoms with Crippen molar-refractivity contribution in [3.63, 3.8) is 0 Å². The number of nitrogens with zero attached hydrogens (tertiary/aromatic N) is 1. The smallest absolute Gasteiger partial charge is 0.0924 e. The van der Waals surface area contributed by atoms with Gasteiger partial charge >= 0.3 is 0 Å². The number of rotatable bonds is 2. The third-order valence-corrected chi connectivity index (χ3v) is 3.25. The van der Waals surface area contributed by atoms with Crippen LogP contribution < -0.4 is 5.73 Å². The van der Waals surface area contributed by atoms with Gasteiger partial charge in [0.15, 0.2) is 0 Å². The molecule has 1 heterocycles. The summed E-state index contributed by atoms with van der Waals surface area (Å²) in [5.74, 6) is 0. The first-order chi connectivity index (χ1) is 7.67. The van der Waals surface area contributed by atoms with Crippen LogP contribution in [0.5, 0.6) is 0 Å². The molecule has 0 radical (unpaired) electrons. The summed E-state index contributed by atoms with van der Waals surface area (Å²) in [4.78, 5) is 0. The van der Waals surface area contributed by atoms with Crippen LogP contribution in [0.3, 0.4) is 0 Å². The molecule has 1 aliphatic carbocycles. The Kier molecular flexibility index (Phi) is 1.91. The molecule has 0 aliphatic heterocycles. The SMILES string of the molecule is Cc1ccc(-c2cc(C3(N)CC3)[nH]n2)cc1. The highest BCUT2D eigenvalue weighted by atomic mass is 15.1. The van der Waals surface area contributed by atoms with Crippen LogP contribution in [0, 0.1) is 6.92 Å². The maximum absolute atomic E-state index is 6.11. The summed E-state index contributed by atoms with van der Waals surface area (Å²) >= 11 is 0. The van der Waals surface area contributed by atoms with E-state index in [1.807, 2.05) is 0 Å². The van der Waals surface area contributed by atoms with Crippen LogP contribution in [0.15, 0.2) is 30.3 Å². The molecule has 0 saturated heterocycles. The Morgan fingerprint density at radius 1 is 1.25 bits per heavy atom. The zero-order chi connectivity index (χ0) is 11.2. The molecule has 1 aromatic heterocycles. The Hall–Kier alpha value is -1.61. The van der Waals surface area contributed by atoms with E-state index in [0.717, 1.165) is 29.8 Å². The number of benzene rings is 1. The quantitative estimate of drug-likeness (QED) is 0.804. The van der Waals surface area contributed by atoms with Crippen molar-refractivity contribution in [1.29, 1.82) is 0 Å². The fraction of sp³-hybridized carbons (Fsp3) is 0.308. The zero-order valence-corrected chi connectivity index (χ0v) is 9.33. The van der Waals surface area contributed by atoms with E-state index in [2.05, 4.69) is 47.5 Å². The van der Waals surface area contributed by atoms with Crippen molar-refractivity contribution in [1.82, 2.24) is 10.2 Å². The molecular weight excluding hydrogens is 198 g/mol. The van der Waals surface area contributed by atoms with Gasteiger partial charge in [0.25, 0.3) is 0 Å². The second kappa shape index (κ2) is 3.19. The molecule has 1 fully saturated rings. The average molecular weight is 213 g/mol. The van der Waals surface area contributed by atoms with E-state index in [1.54, 1.807) is 0 Å². The van der Waals surface area contributed by atoms with Crippen LogP contribution in [0.1, 0.15) is 24.1 Å². The van der Waals surface area contributed by atoms with Crippen LogP contribution >= 0.6 is 0 Å². The normalized spacial score (nSPS) is 17.4. The minimum absolute atomic E-state index is 0.129. The van der Waals surface area contributed by atoms with Gasteiger partial charge in [-0.25, -0.2) is 0 Å². The van der Waals surface area contributed by atoms with Gasteiger partial charge in [0.1, 0.15) is 0 Å². The Morgan fingerprint density at radius 2 is 1.94 bits per heavy atom. The second-order valence-electron chi connectivity index (χ2n) is 4.69. The Balaban J connectivity index is 1.95. The Labute approximate surface area is 94.7 Å². The van der Waals surface area contributed by atoms with Crippen molar-refractivity contribution in [3.05, 3.63) is 41.6 Å². The van der Waals surface area contributed by atoms with Crippen LogP contribution in [0.25, 0.3) is 11.3 Å². The van der Waals surface area contributed by atoms with E-state index >= 15 is 0 Å². The number of H-pyrrole nitrogens is 1. The van der Waals surface area contributed by atoms with Gasteiger partial charge in [-0.15, -0.1) is 0 Å². The molecule has 1 saturated carbocycles. The lowest BCUT2D eigenvalue weighted by atomic mass is 10.1. The average Bonchev–Trinajstić information content (AvgIpc) is 2.84. The maximum Gasteiger partial charge on any atom is 0.0924 e. The molecular formula is C13H15N3. The number of aromatic amines is 1. The summed E-state index contributed by atoms with van der Waals surface area (Å²) in [7, 11) is 0. The van der Waals surface area contributed by atoms with Crippen LogP contribution in [-0.2, 0) is 5.54 Å². The van der Waals surface area contributed by atoms with Gasteiger partial charge in [0.2, 0.25) is 0 Å². The number of nitrogens with two attached hydrogens (primary N) is 1. The van der Waals surface area contributed by atoms with Gasteiger partial charge < -0.3 is 5.73 Å². The summed E-state index contributed by atoms with van der Waals surface area (Å²) in [6.45, 7) is 2.08. The molecule has 0 amide bonds. The molecule has 2 aromatic rings. The number of hydrogen-bond acceptors (Lipinski definition) is 2. The van der Waals surface area contributed by atoms with E-state index in [9.17, 15) is 0 Å². The summed E-state index contributed by atoms with van der Waals surface area (Å²) in [6.07, 6.45) is 2.12. The van der Waals surface area contributed by atoms with Gasteiger partial charge in [-0.3, -0.25) is 5.10 Å². The molecule has 1 aliphatic rings. The van der Waals surface area contributed by atoms with Gasteiger partial charge in [0.05, 0.1) is 16.9 Å². The Morgan fingerprint density at radius 3 is 2.56 bits per heavy atom. The van der Waals surface area contributed by atoms with E-state index in [4.69, 9.17) is 5.73 Å².